The zero-order valence-electron chi connectivity index (χ0n) is 10.8. The predicted molar refractivity (Wildman–Crippen MR) is 64.4 cm³/mol. The zero-order chi connectivity index (χ0) is 13.1. The van der Waals surface area contributed by atoms with Crippen LogP contribution in [-0.4, -0.2) is 42.4 Å². The molecule has 0 aliphatic carbocycles. The fourth-order valence-electron chi connectivity index (χ4n) is 2.21. The molecule has 1 fully saturated rings. The number of hydrogen-bond acceptors (Lipinski definition) is 3. The highest BCUT2D eigenvalue weighted by atomic mass is 19.1. The highest BCUT2D eigenvalue weighted by Crippen LogP contribution is 2.23. The van der Waals surface area contributed by atoms with Crippen molar-refractivity contribution in [2.45, 2.75) is 45.4 Å². The van der Waals surface area contributed by atoms with Crippen LogP contribution in [0.3, 0.4) is 0 Å². The number of halogens is 1. The normalized spacial score (nSPS) is 26.9. The Balaban J connectivity index is 2.42. The lowest BCUT2D eigenvalue weighted by atomic mass is 9.86. The Hall–Kier alpha value is -0.680. The van der Waals surface area contributed by atoms with Gasteiger partial charge in [0, 0.05) is 19.5 Å². The average Bonchev–Trinajstić information content (AvgIpc) is 2.61. The number of alkyl halides is 1. The summed E-state index contributed by atoms with van der Waals surface area (Å²) in [5.74, 6) is -0.541. The first kappa shape index (κ1) is 14.4. The molecule has 1 saturated heterocycles. The van der Waals surface area contributed by atoms with Crippen LogP contribution in [0.15, 0.2) is 0 Å². The van der Waals surface area contributed by atoms with Crippen molar-refractivity contribution in [3.8, 4) is 0 Å². The molecule has 0 saturated carbocycles. The number of hydrogen-bond donors (Lipinski definition) is 3. The minimum absolute atomic E-state index is 0.0929. The van der Waals surface area contributed by atoms with Crippen molar-refractivity contribution in [1.82, 2.24) is 10.6 Å². The third-order valence-corrected chi connectivity index (χ3v) is 3.09. The minimum Gasteiger partial charge on any atom is -0.393 e. The van der Waals surface area contributed by atoms with Crippen LogP contribution in [0.4, 0.5) is 4.39 Å². The van der Waals surface area contributed by atoms with Gasteiger partial charge in [0.2, 0.25) is 5.67 Å². The molecule has 0 aromatic carbocycles. The van der Waals surface area contributed by atoms with E-state index in [9.17, 15) is 14.3 Å². The molecule has 2 atom stereocenters. The maximum Gasteiger partial charge on any atom is 0.259 e. The van der Waals surface area contributed by atoms with Crippen molar-refractivity contribution < 1.29 is 14.3 Å². The standard InChI is InChI=1S/C12H23FN2O2/c1-9(16)6-11(2,3)7-15-10(17)12(13)4-5-14-8-12/h9,14,16H,4-8H2,1-3H3,(H,15,17). The lowest BCUT2D eigenvalue weighted by Gasteiger charge is -2.28. The van der Waals surface area contributed by atoms with Crippen molar-refractivity contribution in [1.29, 1.82) is 0 Å². The lowest BCUT2D eigenvalue weighted by Crippen LogP contribution is -2.47. The van der Waals surface area contributed by atoms with Gasteiger partial charge in [0.05, 0.1) is 6.10 Å². The third kappa shape index (κ3) is 4.24. The van der Waals surface area contributed by atoms with Gasteiger partial charge in [-0.05, 0) is 25.3 Å². The minimum atomic E-state index is -1.76. The van der Waals surface area contributed by atoms with Crippen LogP contribution >= 0.6 is 0 Å². The molecule has 0 bridgehead atoms. The molecular formula is C12H23FN2O2. The van der Waals surface area contributed by atoms with Gasteiger partial charge in [0.25, 0.3) is 5.91 Å². The molecular weight excluding hydrogens is 223 g/mol. The van der Waals surface area contributed by atoms with Crippen LogP contribution in [0.5, 0.6) is 0 Å². The van der Waals surface area contributed by atoms with E-state index in [0.717, 1.165) is 0 Å². The number of aliphatic hydroxyl groups is 1. The summed E-state index contributed by atoms with van der Waals surface area (Å²) in [6.07, 6.45) is 0.384. The van der Waals surface area contributed by atoms with Gasteiger partial charge >= 0.3 is 0 Å². The van der Waals surface area contributed by atoms with Crippen LogP contribution in [0.2, 0.25) is 0 Å². The van der Waals surface area contributed by atoms with E-state index < -0.39 is 17.7 Å². The van der Waals surface area contributed by atoms with Crippen molar-refractivity contribution in [2.75, 3.05) is 19.6 Å². The Morgan fingerprint density at radius 1 is 1.65 bits per heavy atom. The number of nitrogens with one attached hydrogen (secondary N) is 2. The van der Waals surface area contributed by atoms with Crippen LogP contribution in [-0.2, 0) is 4.79 Å². The highest BCUT2D eigenvalue weighted by Gasteiger charge is 2.41. The molecule has 0 spiro atoms. The quantitative estimate of drug-likeness (QED) is 0.666. The number of carbonyl (C=O) groups excluding carboxylic acids is 1. The highest BCUT2D eigenvalue weighted by molar-refractivity contribution is 5.85. The van der Waals surface area contributed by atoms with E-state index >= 15 is 0 Å². The molecule has 1 rings (SSSR count). The summed E-state index contributed by atoms with van der Waals surface area (Å²) in [6, 6.07) is 0. The molecule has 4 nitrogen and oxygen atoms in total. The summed E-state index contributed by atoms with van der Waals surface area (Å²) in [5, 5.41) is 14.8. The van der Waals surface area contributed by atoms with E-state index in [4.69, 9.17) is 0 Å². The first-order chi connectivity index (χ1) is 7.75. The van der Waals surface area contributed by atoms with Gasteiger partial charge in [0.15, 0.2) is 0 Å². The number of carbonyl (C=O) groups is 1. The molecule has 3 N–H and O–H groups in total. The Bertz CT molecular complexity index is 274. The van der Waals surface area contributed by atoms with Crippen molar-refractivity contribution in [2.24, 2.45) is 5.41 Å². The first-order valence-electron chi connectivity index (χ1n) is 6.11. The monoisotopic (exact) mass is 246 g/mol. The molecule has 1 heterocycles. The predicted octanol–water partition coefficient (Wildman–Crippen LogP) is 0.601. The van der Waals surface area contributed by atoms with Crippen molar-refractivity contribution >= 4 is 5.91 Å². The summed E-state index contributed by atoms with van der Waals surface area (Å²) in [6.45, 7) is 6.61. The number of amides is 1. The Morgan fingerprint density at radius 2 is 2.29 bits per heavy atom. The van der Waals surface area contributed by atoms with Crippen LogP contribution < -0.4 is 10.6 Å². The maximum absolute atomic E-state index is 14.0. The van der Waals surface area contributed by atoms with Gasteiger partial charge in [-0.15, -0.1) is 0 Å². The smallest absolute Gasteiger partial charge is 0.259 e. The van der Waals surface area contributed by atoms with E-state index in [0.29, 0.717) is 19.5 Å². The van der Waals surface area contributed by atoms with Crippen LogP contribution in [0.1, 0.15) is 33.6 Å². The van der Waals surface area contributed by atoms with Crippen LogP contribution in [0, 0.1) is 5.41 Å². The average molecular weight is 246 g/mol. The maximum atomic E-state index is 14.0. The van der Waals surface area contributed by atoms with Gasteiger partial charge < -0.3 is 15.7 Å². The summed E-state index contributed by atoms with van der Waals surface area (Å²) in [4.78, 5) is 11.7. The summed E-state index contributed by atoms with van der Waals surface area (Å²) in [5.41, 5.74) is -1.99. The summed E-state index contributed by atoms with van der Waals surface area (Å²) in [7, 11) is 0. The second kappa shape index (κ2) is 5.31. The molecule has 0 aromatic rings. The molecule has 2 unspecified atom stereocenters. The second-order valence-electron chi connectivity index (χ2n) is 5.79. The largest absolute Gasteiger partial charge is 0.393 e. The SMILES string of the molecule is CC(O)CC(C)(C)CNC(=O)C1(F)CCNC1. The van der Waals surface area contributed by atoms with E-state index in [2.05, 4.69) is 10.6 Å². The van der Waals surface area contributed by atoms with Crippen molar-refractivity contribution in [3.63, 3.8) is 0 Å². The van der Waals surface area contributed by atoms with Gasteiger partial charge in [-0.3, -0.25) is 4.79 Å². The van der Waals surface area contributed by atoms with Crippen LogP contribution in [0.25, 0.3) is 0 Å². The van der Waals surface area contributed by atoms with Crippen molar-refractivity contribution in [3.05, 3.63) is 0 Å². The van der Waals surface area contributed by atoms with Gasteiger partial charge in [-0.2, -0.15) is 0 Å². The van der Waals surface area contributed by atoms with E-state index in [1.165, 1.54) is 0 Å². The third-order valence-electron chi connectivity index (χ3n) is 3.09. The molecule has 0 radical (unpaired) electrons. The molecule has 1 amide bonds. The second-order valence-corrected chi connectivity index (χ2v) is 5.79. The first-order valence-corrected chi connectivity index (χ1v) is 6.11. The molecule has 0 aromatic heterocycles. The number of rotatable bonds is 5. The summed E-state index contributed by atoms with van der Waals surface area (Å²) >= 11 is 0. The molecule has 100 valence electrons. The summed E-state index contributed by atoms with van der Waals surface area (Å²) < 4.78 is 14.0. The lowest BCUT2D eigenvalue weighted by molar-refractivity contribution is -0.132. The Kier molecular flexibility index (Phi) is 4.49. The van der Waals surface area contributed by atoms with E-state index in [1.807, 2.05) is 13.8 Å². The molecule has 1 aliphatic heterocycles. The van der Waals surface area contributed by atoms with Gasteiger partial charge in [-0.1, -0.05) is 13.8 Å². The topological polar surface area (TPSA) is 61.4 Å². The molecule has 17 heavy (non-hydrogen) atoms. The van der Waals surface area contributed by atoms with Gasteiger partial charge in [-0.25, -0.2) is 4.39 Å². The van der Waals surface area contributed by atoms with Gasteiger partial charge in [0.1, 0.15) is 0 Å². The zero-order valence-corrected chi connectivity index (χ0v) is 10.8. The Morgan fingerprint density at radius 3 is 2.76 bits per heavy atom. The number of aliphatic hydroxyl groups excluding tert-OH is 1. The Labute approximate surface area is 102 Å². The fourth-order valence-corrected chi connectivity index (χ4v) is 2.21. The molecule has 5 heteroatoms. The fraction of sp³-hybridized carbons (Fsp3) is 0.917. The molecule has 1 aliphatic rings. The van der Waals surface area contributed by atoms with E-state index in [1.54, 1.807) is 6.92 Å². The van der Waals surface area contributed by atoms with E-state index in [-0.39, 0.29) is 18.4 Å².